The lowest BCUT2D eigenvalue weighted by Gasteiger charge is -2.21. The van der Waals surface area contributed by atoms with Gasteiger partial charge < -0.3 is 14.4 Å². The minimum atomic E-state index is -0.162. The van der Waals surface area contributed by atoms with Gasteiger partial charge in [-0.15, -0.1) is 0 Å². The average molecular weight is 392 g/mol. The van der Waals surface area contributed by atoms with Gasteiger partial charge in [0.2, 0.25) is 0 Å². The Balaban J connectivity index is 1.88. The van der Waals surface area contributed by atoms with Crippen LogP contribution >= 0.6 is 0 Å². The molecule has 4 rings (SSSR count). The highest BCUT2D eigenvalue weighted by molar-refractivity contribution is 6.02. The monoisotopic (exact) mass is 392 g/mol. The molecule has 5 nitrogen and oxygen atoms in total. The van der Waals surface area contributed by atoms with Crippen LogP contribution in [0.4, 0.5) is 5.69 Å². The fraction of sp³-hybridized carbons (Fsp3) is 0.375. The second-order valence-electron chi connectivity index (χ2n) is 7.78. The maximum absolute atomic E-state index is 12.7. The number of pyridine rings is 1. The van der Waals surface area contributed by atoms with Gasteiger partial charge in [0.15, 0.2) is 5.88 Å². The van der Waals surface area contributed by atoms with Crippen molar-refractivity contribution in [3.05, 3.63) is 52.3 Å². The van der Waals surface area contributed by atoms with Crippen molar-refractivity contribution in [3.63, 3.8) is 0 Å². The highest BCUT2D eigenvalue weighted by Crippen LogP contribution is 2.39. The highest BCUT2D eigenvalue weighted by Gasteiger charge is 2.22. The zero-order chi connectivity index (χ0) is 20.5. The highest BCUT2D eigenvalue weighted by atomic mass is 16.5. The predicted octanol–water partition coefficient (Wildman–Crippen LogP) is 4.76. The normalized spacial score (nSPS) is 16.4. The molecule has 0 saturated carbocycles. The molecule has 2 aromatic carbocycles. The third kappa shape index (κ3) is 3.46. The first kappa shape index (κ1) is 19.4. The molecule has 29 heavy (non-hydrogen) atoms. The summed E-state index contributed by atoms with van der Waals surface area (Å²) in [6.45, 7) is 6.47. The molecule has 1 aliphatic rings. The number of rotatable bonds is 5. The number of benzene rings is 2. The van der Waals surface area contributed by atoms with Crippen LogP contribution in [0.3, 0.4) is 0 Å². The number of anilines is 1. The second-order valence-corrected chi connectivity index (χ2v) is 7.78. The summed E-state index contributed by atoms with van der Waals surface area (Å²) in [5.74, 6) is 2.08. The Kier molecular flexibility index (Phi) is 5.22. The number of hydrogen-bond acceptors (Lipinski definition) is 4. The van der Waals surface area contributed by atoms with Crippen LogP contribution in [-0.4, -0.2) is 32.3 Å². The van der Waals surface area contributed by atoms with Crippen LogP contribution in [0.1, 0.15) is 25.3 Å². The molecule has 152 valence electrons. The minimum absolute atomic E-state index is 0.162. The molecule has 1 unspecified atom stereocenters. The van der Waals surface area contributed by atoms with E-state index in [-0.39, 0.29) is 5.56 Å². The van der Waals surface area contributed by atoms with Crippen LogP contribution in [0.5, 0.6) is 11.6 Å². The van der Waals surface area contributed by atoms with Crippen LogP contribution < -0.4 is 19.9 Å². The standard InChI is InChI=1S/C24H28N2O3/c1-5-16-10-11-26(14-16)17-6-7-18-20(12-15(2)23(29-4)21(18)13-17)19-8-9-22(28-3)25-24(19)27/h6-9,12-13,16H,5,10-11,14H2,1-4H3,(H,25,27). The number of nitrogens with one attached hydrogen (secondary N) is 1. The van der Waals surface area contributed by atoms with Crippen molar-refractivity contribution in [2.24, 2.45) is 5.92 Å². The van der Waals surface area contributed by atoms with E-state index in [1.165, 1.54) is 18.5 Å². The van der Waals surface area contributed by atoms with E-state index in [1.54, 1.807) is 20.3 Å². The summed E-state index contributed by atoms with van der Waals surface area (Å²) in [4.78, 5) is 17.9. The molecule has 0 spiro atoms. The van der Waals surface area contributed by atoms with E-state index in [1.807, 2.05) is 19.1 Å². The first-order valence-electron chi connectivity index (χ1n) is 10.2. The topological polar surface area (TPSA) is 54.6 Å². The van der Waals surface area contributed by atoms with Crippen molar-refractivity contribution in [1.29, 1.82) is 0 Å². The summed E-state index contributed by atoms with van der Waals surface area (Å²) in [5.41, 5.74) is 3.59. The van der Waals surface area contributed by atoms with Crippen molar-refractivity contribution >= 4 is 16.5 Å². The van der Waals surface area contributed by atoms with E-state index < -0.39 is 0 Å². The number of H-pyrrole nitrogens is 1. The summed E-state index contributed by atoms with van der Waals surface area (Å²) >= 11 is 0. The Morgan fingerprint density at radius 3 is 2.55 bits per heavy atom. The Hall–Kier alpha value is -2.95. The molecule has 2 heterocycles. The molecular formula is C24H28N2O3. The first-order chi connectivity index (χ1) is 14.0. The van der Waals surface area contributed by atoms with E-state index in [9.17, 15) is 4.79 Å². The molecule has 0 aliphatic carbocycles. The molecule has 0 amide bonds. The zero-order valence-electron chi connectivity index (χ0n) is 17.5. The number of fused-ring (bicyclic) bond motifs is 1. The molecule has 1 atom stereocenters. The third-order valence-corrected chi connectivity index (χ3v) is 6.08. The van der Waals surface area contributed by atoms with Gasteiger partial charge in [0.05, 0.1) is 14.2 Å². The smallest absolute Gasteiger partial charge is 0.258 e. The van der Waals surface area contributed by atoms with Gasteiger partial charge in [0.25, 0.3) is 5.56 Å². The van der Waals surface area contributed by atoms with Crippen molar-refractivity contribution in [2.75, 3.05) is 32.2 Å². The number of nitrogens with zero attached hydrogens (tertiary/aromatic N) is 1. The molecule has 1 aliphatic heterocycles. The second kappa shape index (κ2) is 7.82. The number of aromatic amines is 1. The van der Waals surface area contributed by atoms with Crippen LogP contribution in [0.15, 0.2) is 41.2 Å². The number of ether oxygens (including phenoxy) is 2. The number of aromatic nitrogens is 1. The van der Waals surface area contributed by atoms with Gasteiger partial charge in [-0.2, -0.15) is 0 Å². The fourth-order valence-electron chi connectivity index (χ4n) is 4.40. The van der Waals surface area contributed by atoms with E-state index in [4.69, 9.17) is 9.47 Å². The third-order valence-electron chi connectivity index (χ3n) is 6.08. The van der Waals surface area contributed by atoms with Gasteiger partial charge in [-0.3, -0.25) is 9.78 Å². The predicted molar refractivity (Wildman–Crippen MR) is 118 cm³/mol. The number of methoxy groups -OCH3 is 2. The molecule has 3 aromatic rings. The van der Waals surface area contributed by atoms with Crippen molar-refractivity contribution in [3.8, 4) is 22.8 Å². The lowest BCUT2D eigenvalue weighted by atomic mass is 9.95. The van der Waals surface area contributed by atoms with Gasteiger partial charge in [-0.05, 0) is 66.1 Å². The maximum Gasteiger partial charge on any atom is 0.258 e. The van der Waals surface area contributed by atoms with Gasteiger partial charge in [-0.1, -0.05) is 19.4 Å². The number of hydrogen-bond donors (Lipinski definition) is 1. The van der Waals surface area contributed by atoms with Crippen LogP contribution in [0, 0.1) is 12.8 Å². The van der Waals surface area contributed by atoms with E-state index in [0.29, 0.717) is 11.4 Å². The Labute approximate surface area is 171 Å². The van der Waals surface area contributed by atoms with E-state index in [2.05, 4.69) is 35.0 Å². The van der Waals surface area contributed by atoms with Crippen LogP contribution in [0.25, 0.3) is 21.9 Å². The quantitative estimate of drug-likeness (QED) is 0.680. The molecule has 5 heteroatoms. The van der Waals surface area contributed by atoms with E-state index in [0.717, 1.165) is 46.7 Å². The average Bonchev–Trinajstić information content (AvgIpc) is 3.22. The Morgan fingerprint density at radius 1 is 1.07 bits per heavy atom. The summed E-state index contributed by atoms with van der Waals surface area (Å²) in [7, 11) is 3.25. The molecule has 1 aromatic heterocycles. The minimum Gasteiger partial charge on any atom is -0.496 e. The molecule has 1 fully saturated rings. The summed E-state index contributed by atoms with van der Waals surface area (Å²) in [5, 5.41) is 2.05. The molecular weight excluding hydrogens is 364 g/mol. The summed E-state index contributed by atoms with van der Waals surface area (Å²) in [6, 6.07) is 12.1. The summed E-state index contributed by atoms with van der Waals surface area (Å²) < 4.78 is 10.9. The van der Waals surface area contributed by atoms with Crippen molar-refractivity contribution in [2.45, 2.75) is 26.7 Å². The lowest BCUT2D eigenvalue weighted by molar-refractivity contribution is 0.397. The zero-order valence-corrected chi connectivity index (χ0v) is 17.5. The maximum atomic E-state index is 12.7. The van der Waals surface area contributed by atoms with Gasteiger partial charge in [0, 0.05) is 29.7 Å². The summed E-state index contributed by atoms with van der Waals surface area (Å²) in [6.07, 6.45) is 2.46. The van der Waals surface area contributed by atoms with E-state index >= 15 is 0 Å². The van der Waals surface area contributed by atoms with Crippen LogP contribution in [0.2, 0.25) is 0 Å². The Morgan fingerprint density at radius 2 is 1.90 bits per heavy atom. The number of aryl methyl sites for hydroxylation is 1. The first-order valence-corrected chi connectivity index (χ1v) is 10.2. The van der Waals surface area contributed by atoms with Crippen molar-refractivity contribution in [1.82, 2.24) is 4.98 Å². The molecule has 0 radical (unpaired) electrons. The lowest BCUT2D eigenvalue weighted by Crippen LogP contribution is -2.19. The van der Waals surface area contributed by atoms with Crippen molar-refractivity contribution < 1.29 is 9.47 Å². The SMILES string of the molecule is CCC1CCN(c2ccc3c(-c4ccc(OC)[nH]c4=O)cc(C)c(OC)c3c2)C1. The molecule has 1 saturated heterocycles. The molecule has 0 bridgehead atoms. The van der Waals surface area contributed by atoms with Crippen LogP contribution in [-0.2, 0) is 0 Å². The largest absolute Gasteiger partial charge is 0.496 e. The fourth-order valence-corrected chi connectivity index (χ4v) is 4.40. The van der Waals surface area contributed by atoms with Gasteiger partial charge >= 0.3 is 0 Å². The Bertz CT molecular complexity index is 1100. The van der Waals surface area contributed by atoms with Gasteiger partial charge in [0.1, 0.15) is 5.75 Å². The molecule has 1 N–H and O–H groups in total. The van der Waals surface area contributed by atoms with Gasteiger partial charge in [-0.25, -0.2) is 0 Å².